The SMILES string of the molecule is O=C(NC(=O)c1ccccc1)Nc1ccc(Oc2ncc(Cl)cn2)c(C(F)(F)F)c1. The summed E-state index contributed by atoms with van der Waals surface area (Å²) in [5.41, 5.74) is -1.16. The monoisotopic (exact) mass is 436 g/mol. The number of imide groups is 1. The quantitative estimate of drug-likeness (QED) is 0.606. The van der Waals surface area contributed by atoms with Gasteiger partial charge in [-0.3, -0.25) is 10.1 Å². The second-order valence-electron chi connectivity index (χ2n) is 5.77. The molecule has 3 rings (SSSR count). The van der Waals surface area contributed by atoms with E-state index in [9.17, 15) is 22.8 Å². The number of nitrogens with one attached hydrogen (secondary N) is 2. The van der Waals surface area contributed by atoms with Crippen LogP contribution in [0.4, 0.5) is 23.7 Å². The fraction of sp³-hybridized carbons (Fsp3) is 0.0526. The third-order valence-corrected chi connectivity index (χ3v) is 3.80. The van der Waals surface area contributed by atoms with Crippen LogP contribution in [-0.4, -0.2) is 21.9 Å². The number of anilines is 1. The Balaban J connectivity index is 1.76. The number of amides is 3. The number of carbonyl (C=O) groups is 2. The maximum atomic E-state index is 13.4. The Kier molecular flexibility index (Phi) is 6.17. The van der Waals surface area contributed by atoms with Crippen molar-refractivity contribution < 1.29 is 27.5 Å². The van der Waals surface area contributed by atoms with Crippen molar-refractivity contribution >= 4 is 29.2 Å². The molecule has 0 bridgehead atoms. The van der Waals surface area contributed by atoms with Crippen molar-refractivity contribution in [1.29, 1.82) is 0 Å². The fourth-order valence-electron chi connectivity index (χ4n) is 2.30. The van der Waals surface area contributed by atoms with Gasteiger partial charge in [0.15, 0.2) is 0 Å². The van der Waals surface area contributed by atoms with Crippen LogP contribution in [0.2, 0.25) is 5.02 Å². The Morgan fingerprint density at radius 2 is 1.67 bits per heavy atom. The van der Waals surface area contributed by atoms with E-state index in [0.717, 1.165) is 6.07 Å². The second-order valence-corrected chi connectivity index (χ2v) is 6.21. The maximum absolute atomic E-state index is 13.4. The van der Waals surface area contributed by atoms with Crippen LogP contribution in [0.15, 0.2) is 60.9 Å². The highest BCUT2D eigenvalue weighted by molar-refractivity contribution is 6.30. The van der Waals surface area contributed by atoms with E-state index in [2.05, 4.69) is 15.3 Å². The molecule has 30 heavy (non-hydrogen) atoms. The Bertz CT molecular complexity index is 1060. The number of halogens is 4. The molecular weight excluding hydrogens is 425 g/mol. The molecule has 0 saturated heterocycles. The first-order chi connectivity index (χ1) is 14.2. The van der Waals surface area contributed by atoms with Crippen molar-refractivity contribution in [2.45, 2.75) is 6.18 Å². The van der Waals surface area contributed by atoms with Crippen molar-refractivity contribution in [1.82, 2.24) is 15.3 Å². The molecule has 0 atom stereocenters. The van der Waals surface area contributed by atoms with Crippen molar-refractivity contribution in [2.24, 2.45) is 0 Å². The summed E-state index contributed by atoms with van der Waals surface area (Å²) < 4.78 is 45.4. The van der Waals surface area contributed by atoms with Gasteiger partial charge in [0.2, 0.25) is 0 Å². The summed E-state index contributed by atoms with van der Waals surface area (Å²) in [6.45, 7) is 0. The van der Waals surface area contributed by atoms with E-state index in [1.165, 1.54) is 30.6 Å². The Morgan fingerprint density at radius 1 is 1.00 bits per heavy atom. The molecule has 0 aliphatic carbocycles. The number of benzene rings is 2. The zero-order valence-corrected chi connectivity index (χ0v) is 15.7. The third-order valence-electron chi connectivity index (χ3n) is 3.60. The predicted octanol–water partition coefficient (Wildman–Crippen LogP) is 4.90. The lowest BCUT2D eigenvalue weighted by atomic mass is 10.1. The molecule has 0 aliphatic rings. The molecule has 1 heterocycles. The zero-order chi connectivity index (χ0) is 21.7. The van der Waals surface area contributed by atoms with Gasteiger partial charge in [0.1, 0.15) is 11.3 Å². The molecule has 1 aromatic heterocycles. The Labute approximate surface area is 172 Å². The van der Waals surface area contributed by atoms with Crippen LogP contribution in [-0.2, 0) is 6.18 Å². The summed E-state index contributed by atoms with van der Waals surface area (Å²) in [4.78, 5) is 31.3. The van der Waals surface area contributed by atoms with Gasteiger partial charge in [0.25, 0.3) is 5.91 Å². The number of aromatic nitrogens is 2. The standard InChI is InChI=1S/C19H12ClF3N4O3/c20-12-9-24-18(25-10-12)30-15-7-6-13(8-14(15)19(21,22)23)26-17(29)27-16(28)11-4-2-1-3-5-11/h1-10H,(H2,26,27,28,29). The average molecular weight is 437 g/mol. The number of hydrogen-bond acceptors (Lipinski definition) is 5. The number of nitrogens with zero attached hydrogens (tertiary/aromatic N) is 2. The van der Waals surface area contributed by atoms with Gasteiger partial charge in [0.05, 0.1) is 17.4 Å². The van der Waals surface area contributed by atoms with Crippen molar-refractivity contribution in [3.63, 3.8) is 0 Å². The van der Waals surface area contributed by atoms with Crippen LogP contribution in [0.3, 0.4) is 0 Å². The van der Waals surface area contributed by atoms with E-state index in [4.69, 9.17) is 16.3 Å². The summed E-state index contributed by atoms with van der Waals surface area (Å²) in [6.07, 6.45) is -2.46. The summed E-state index contributed by atoms with van der Waals surface area (Å²) in [5, 5.41) is 4.40. The number of urea groups is 1. The highest BCUT2D eigenvalue weighted by atomic mass is 35.5. The first-order valence-corrected chi connectivity index (χ1v) is 8.64. The Morgan fingerprint density at radius 3 is 2.30 bits per heavy atom. The molecule has 7 nitrogen and oxygen atoms in total. The molecule has 0 spiro atoms. The van der Waals surface area contributed by atoms with Gasteiger partial charge in [-0.15, -0.1) is 0 Å². The molecule has 154 valence electrons. The van der Waals surface area contributed by atoms with E-state index in [1.54, 1.807) is 18.2 Å². The highest BCUT2D eigenvalue weighted by Gasteiger charge is 2.35. The smallest absolute Gasteiger partial charge is 0.420 e. The summed E-state index contributed by atoms with van der Waals surface area (Å²) in [6, 6.07) is 9.36. The third kappa shape index (κ3) is 5.45. The highest BCUT2D eigenvalue weighted by Crippen LogP contribution is 2.39. The van der Waals surface area contributed by atoms with Crippen LogP contribution in [0.25, 0.3) is 0 Å². The Hall–Kier alpha value is -3.66. The molecule has 0 fully saturated rings. The van der Waals surface area contributed by atoms with Crippen LogP contribution in [0.5, 0.6) is 11.8 Å². The van der Waals surface area contributed by atoms with Gasteiger partial charge in [-0.25, -0.2) is 14.8 Å². The van der Waals surface area contributed by atoms with Gasteiger partial charge in [0, 0.05) is 11.3 Å². The minimum atomic E-state index is -4.80. The van der Waals surface area contributed by atoms with Gasteiger partial charge in [-0.2, -0.15) is 13.2 Å². The number of ether oxygens (including phenoxy) is 1. The number of rotatable bonds is 4. The minimum Gasteiger partial charge on any atom is -0.424 e. The zero-order valence-electron chi connectivity index (χ0n) is 14.9. The van der Waals surface area contributed by atoms with Crippen molar-refractivity contribution in [3.05, 3.63) is 77.1 Å². The normalized spacial score (nSPS) is 10.9. The minimum absolute atomic E-state index is 0.189. The number of hydrogen-bond donors (Lipinski definition) is 2. The average Bonchev–Trinajstić information content (AvgIpc) is 2.70. The van der Waals surface area contributed by atoms with E-state index >= 15 is 0 Å². The molecule has 0 radical (unpaired) electrons. The van der Waals surface area contributed by atoms with Crippen LogP contribution < -0.4 is 15.4 Å². The molecular formula is C19H12ClF3N4O3. The molecule has 11 heteroatoms. The van der Waals surface area contributed by atoms with E-state index < -0.39 is 29.4 Å². The van der Waals surface area contributed by atoms with Gasteiger partial charge in [-0.05, 0) is 30.3 Å². The largest absolute Gasteiger partial charge is 0.424 e. The molecule has 2 aromatic carbocycles. The number of carbonyl (C=O) groups excluding carboxylic acids is 2. The first kappa shape index (κ1) is 21.1. The molecule has 0 saturated carbocycles. The van der Waals surface area contributed by atoms with E-state index in [-0.39, 0.29) is 22.3 Å². The van der Waals surface area contributed by atoms with Crippen molar-refractivity contribution in [2.75, 3.05) is 5.32 Å². The van der Waals surface area contributed by atoms with Gasteiger partial charge >= 0.3 is 18.2 Å². The molecule has 0 aliphatic heterocycles. The molecule has 0 unspecified atom stereocenters. The molecule has 2 N–H and O–H groups in total. The topological polar surface area (TPSA) is 93.2 Å². The fourth-order valence-corrected chi connectivity index (χ4v) is 2.39. The summed E-state index contributed by atoms with van der Waals surface area (Å²) in [7, 11) is 0. The lowest BCUT2D eigenvalue weighted by Gasteiger charge is -2.15. The molecule has 3 aromatic rings. The van der Waals surface area contributed by atoms with E-state index in [1.807, 2.05) is 5.32 Å². The first-order valence-electron chi connectivity index (χ1n) is 8.26. The van der Waals surface area contributed by atoms with Crippen LogP contribution >= 0.6 is 11.6 Å². The van der Waals surface area contributed by atoms with Crippen LogP contribution in [0.1, 0.15) is 15.9 Å². The van der Waals surface area contributed by atoms with E-state index in [0.29, 0.717) is 6.07 Å². The van der Waals surface area contributed by atoms with Crippen molar-refractivity contribution in [3.8, 4) is 11.8 Å². The second kappa shape index (κ2) is 8.78. The van der Waals surface area contributed by atoms with Gasteiger partial charge in [-0.1, -0.05) is 29.8 Å². The lowest BCUT2D eigenvalue weighted by Crippen LogP contribution is -2.34. The predicted molar refractivity (Wildman–Crippen MR) is 101 cm³/mol. The van der Waals surface area contributed by atoms with Gasteiger partial charge < -0.3 is 10.1 Å². The maximum Gasteiger partial charge on any atom is 0.420 e. The summed E-state index contributed by atoms with van der Waals surface area (Å²) in [5.74, 6) is -1.28. The summed E-state index contributed by atoms with van der Waals surface area (Å²) >= 11 is 5.63. The number of alkyl halides is 3. The molecule has 3 amide bonds. The van der Waals surface area contributed by atoms with Crippen LogP contribution in [0, 0.1) is 0 Å². The lowest BCUT2D eigenvalue weighted by molar-refractivity contribution is -0.138.